The molecule has 2 rings (SSSR count). The van der Waals surface area contributed by atoms with E-state index in [-0.39, 0.29) is 30.3 Å². The van der Waals surface area contributed by atoms with Gasteiger partial charge in [-0.15, -0.1) is 0 Å². The molecule has 0 fully saturated rings. The lowest BCUT2D eigenvalue weighted by atomic mass is 10.2. The van der Waals surface area contributed by atoms with Crippen LogP contribution in [0.5, 0.6) is 0 Å². The van der Waals surface area contributed by atoms with Crippen LogP contribution >= 0.6 is 11.6 Å². The van der Waals surface area contributed by atoms with Gasteiger partial charge < -0.3 is 21.3 Å². The molecule has 8 heteroatoms. The van der Waals surface area contributed by atoms with Crippen molar-refractivity contribution in [2.24, 2.45) is 0 Å². The van der Waals surface area contributed by atoms with E-state index in [1.165, 1.54) is 0 Å². The summed E-state index contributed by atoms with van der Waals surface area (Å²) in [5, 5.41) is 11.6. The Morgan fingerprint density at radius 1 is 0.897 bits per heavy atom. The number of halogens is 1. The van der Waals surface area contributed by atoms with Crippen LogP contribution in [-0.2, 0) is 4.79 Å². The summed E-state index contributed by atoms with van der Waals surface area (Å²) in [5.41, 5.74) is 1.75. The lowest BCUT2D eigenvalue weighted by Crippen LogP contribution is -2.34. The minimum absolute atomic E-state index is 0.0355. The van der Waals surface area contributed by atoms with Gasteiger partial charge in [0.05, 0.1) is 0 Å². The normalized spacial score (nSPS) is 10.3. The van der Waals surface area contributed by atoms with E-state index in [1.54, 1.807) is 48.5 Å². The Kier molecular flexibility index (Phi) is 8.48. The van der Waals surface area contributed by atoms with Crippen LogP contribution in [0.25, 0.3) is 0 Å². The molecule has 0 aliphatic heterocycles. The minimum atomic E-state index is -0.297. The van der Waals surface area contributed by atoms with Crippen molar-refractivity contribution < 1.29 is 14.4 Å². The fraction of sp³-hybridized carbons (Fsp3) is 0.286. The number of nitrogens with one attached hydrogen (secondary N) is 4. The number of anilines is 2. The number of rotatable bonds is 8. The van der Waals surface area contributed by atoms with Gasteiger partial charge in [-0.1, -0.05) is 11.6 Å². The molecular weight excluding hydrogens is 392 g/mol. The summed E-state index contributed by atoms with van der Waals surface area (Å²) in [6.45, 7) is 4.12. The van der Waals surface area contributed by atoms with Crippen LogP contribution in [0.3, 0.4) is 0 Å². The highest BCUT2D eigenvalue weighted by atomic mass is 35.5. The largest absolute Gasteiger partial charge is 0.352 e. The highest BCUT2D eigenvalue weighted by molar-refractivity contribution is 6.30. The maximum atomic E-state index is 12.2. The van der Waals surface area contributed by atoms with Crippen molar-refractivity contribution in [3.05, 3.63) is 59.1 Å². The van der Waals surface area contributed by atoms with Crippen molar-refractivity contribution in [3.63, 3.8) is 0 Å². The van der Waals surface area contributed by atoms with Gasteiger partial charge in [0.1, 0.15) is 0 Å². The van der Waals surface area contributed by atoms with Gasteiger partial charge in [0.25, 0.3) is 5.91 Å². The number of urea groups is 1. The number of hydrogen-bond acceptors (Lipinski definition) is 3. The summed E-state index contributed by atoms with van der Waals surface area (Å²) in [5.74, 6) is -0.363. The zero-order valence-corrected chi connectivity index (χ0v) is 17.2. The molecule has 0 spiro atoms. The molecule has 0 saturated carbocycles. The first-order valence-electron chi connectivity index (χ1n) is 9.34. The lowest BCUT2D eigenvalue weighted by molar-refractivity contribution is -0.116. The maximum absolute atomic E-state index is 12.2. The molecule has 0 saturated heterocycles. The van der Waals surface area contributed by atoms with Crippen LogP contribution < -0.4 is 21.3 Å². The molecule has 0 unspecified atom stereocenters. The zero-order chi connectivity index (χ0) is 21.2. The average molecular weight is 417 g/mol. The van der Waals surface area contributed by atoms with Gasteiger partial charge in [-0.05, 0) is 68.8 Å². The molecule has 0 aliphatic carbocycles. The van der Waals surface area contributed by atoms with Crippen LogP contribution in [-0.4, -0.2) is 30.4 Å². The van der Waals surface area contributed by atoms with E-state index < -0.39 is 0 Å². The Balaban J connectivity index is 1.70. The van der Waals surface area contributed by atoms with Gasteiger partial charge in [-0.3, -0.25) is 9.59 Å². The molecule has 0 radical (unpaired) electrons. The fourth-order valence-electron chi connectivity index (χ4n) is 2.44. The molecule has 0 atom stereocenters. The minimum Gasteiger partial charge on any atom is -0.352 e. The third-order valence-electron chi connectivity index (χ3n) is 3.82. The van der Waals surface area contributed by atoms with E-state index in [2.05, 4.69) is 21.3 Å². The smallest absolute Gasteiger partial charge is 0.319 e. The summed E-state index contributed by atoms with van der Waals surface area (Å²) in [6, 6.07) is 13.2. The summed E-state index contributed by atoms with van der Waals surface area (Å²) in [7, 11) is 0. The third-order valence-corrected chi connectivity index (χ3v) is 4.07. The molecule has 0 heterocycles. The van der Waals surface area contributed by atoms with E-state index in [4.69, 9.17) is 11.6 Å². The molecule has 154 valence electrons. The highest BCUT2D eigenvalue weighted by Crippen LogP contribution is 2.13. The maximum Gasteiger partial charge on any atom is 0.319 e. The second-order valence-corrected chi connectivity index (χ2v) is 7.18. The predicted molar refractivity (Wildman–Crippen MR) is 115 cm³/mol. The lowest BCUT2D eigenvalue weighted by Gasteiger charge is -2.10. The molecule has 4 N–H and O–H groups in total. The third kappa shape index (κ3) is 8.23. The van der Waals surface area contributed by atoms with Gasteiger partial charge in [0, 0.05) is 41.0 Å². The monoisotopic (exact) mass is 416 g/mol. The van der Waals surface area contributed by atoms with Crippen molar-refractivity contribution in [1.29, 1.82) is 0 Å². The van der Waals surface area contributed by atoms with Crippen molar-refractivity contribution in [3.8, 4) is 0 Å². The summed E-state index contributed by atoms with van der Waals surface area (Å²) in [4.78, 5) is 35.7. The summed E-state index contributed by atoms with van der Waals surface area (Å²) >= 11 is 5.81. The molecule has 4 amide bonds. The van der Waals surface area contributed by atoms with E-state index in [9.17, 15) is 14.4 Å². The first-order chi connectivity index (χ1) is 13.8. The van der Waals surface area contributed by atoms with E-state index >= 15 is 0 Å². The molecular formula is C21H25ClN4O3. The average Bonchev–Trinajstić information content (AvgIpc) is 2.67. The van der Waals surface area contributed by atoms with Crippen molar-refractivity contribution in [1.82, 2.24) is 10.6 Å². The van der Waals surface area contributed by atoms with Gasteiger partial charge in [-0.2, -0.15) is 0 Å². The number of carbonyl (C=O) groups excluding carboxylic acids is 3. The first kappa shape index (κ1) is 22.2. The van der Waals surface area contributed by atoms with Crippen molar-refractivity contribution in [2.75, 3.05) is 17.2 Å². The van der Waals surface area contributed by atoms with Gasteiger partial charge in [0.15, 0.2) is 0 Å². The standard InChI is InChI=1S/C21H25ClN4O3/c1-14(2)24-21(29)26-18-9-5-15(6-10-18)20(28)23-13-3-4-19(27)25-17-11-7-16(22)8-12-17/h5-12,14H,3-4,13H2,1-2H3,(H,23,28)(H,25,27)(H2,24,26,29). The molecule has 0 aromatic heterocycles. The Bertz CT molecular complexity index is 836. The fourth-order valence-corrected chi connectivity index (χ4v) is 2.57. The number of amides is 4. The van der Waals surface area contributed by atoms with Gasteiger partial charge >= 0.3 is 6.03 Å². The van der Waals surface area contributed by atoms with Crippen LogP contribution in [0.2, 0.25) is 5.02 Å². The number of benzene rings is 2. The van der Waals surface area contributed by atoms with E-state index in [1.807, 2.05) is 13.8 Å². The van der Waals surface area contributed by atoms with E-state index in [0.29, 0.717) is 34.9 Å². The summed E-state index contributed by atoms with van der Waals surface area (Å²) in [6.07, 6.45) is 0.802. The van der Waals surface area contributed by atoms with Gasteiger partial charge in [-0.25, -0.2) is 4.79 Å². The SMILES string of the molecule is CC(C)NC(=O)Nc1ccc(C(=O)NCCCC(=O)Nc2ccc(Cl)cc2)cc1. The summed E-state index contributed by atoms with van der Waals surface area (Å²) < 4.78 is 0. The number of carbonyl (C=O) groups is 3. The zero-order valence-electron chi connectivity index (χ0n) is 16.4. The Labute approximate surface area is 175 Å². The quantitative estimate of drug-likeness (QED) is 0.489. The van der Waals surface area contributed by atoms with Crippen LogP contribution in [0.15, 0.2) is 48.5 Å². The molecule has 29 heavy (non-hydrogen) atoms. The van der Waals surface area contributed by atoms with Crippen LogP contribution in [0.1, 0.15) is 37.0 Å². The van der Waals surface area contributed by atoms with Crippen molar-refractivity contribution in [2.45, 2.75) is 32.7 Å². The Morgan fingerprint density at radius 3 is 2.10 bits per heavy atom. The Morgan fingerprint density at radius 2 is 1.48 bits per heavy atom. The molecule has 0 aliphatic rings. The highest BCUT2D eigenvalue weighted by Gasteiger charge is 2.08. The van der Waals surface area contributed by atoms with Crippen LogP contribution in [0.4, 0.5) is 16.2 Å². The van der Waals surface area contributed by atoms with Gasteiger partial charge in [0.2, 0.25) is 5.91 Å². The predicted octanol–water partition coefficient (Wildman–Crippen LogP) is 4.02. The topological polar surface area (TPSA) is 99.3 Å². The van der Waals surface area contributed by atoms with Crippen LogP contribution in [0, 0.1) is 0 Å². The second kappa shape index (κ2) is 11.1. The second-order valence-electron chi connectivity index (χ2n) is 6.75. The number of hydrogen-bond donors (Lipinski definition) is 4. The van der Waals surface area contributed by atoms with Crippen molar-refractivity contribution >= 4 is 40.8 Å². The van der Waals surface area contributed by atoms with E-state index in [0.717, 1.165) is 0 Å². The molecule has 2 aromatic carbocycles. The Hall–Kier alpha value is -3.06. The first-order valence-corrected chi connectivity index (χ1v) is 9.72. The molecule has 2 aromatic rings. The molecule has 0 bridgehead atoms. The molecule has 7 nitrogen and oxygen atoms in total.